The van der Waals surface area contributed by atoms with Crippen LogP contribution in [0.3, 0.4) is 0 Å². The van der Waals surface area contributed by atoms with Crippen LogP contribution in [-0.2, 0) is 0 Å². The van der Waals surface area contributed by atoms with E-state index in [4.69, 9.17) is 5.73 Å². The van der Waals surface area contributed by atoms with Crippen molar-refractivity contribution < 1.29 is 0 Å². The average molecular weight is 236 g/mol. The Hall–Kier alpha value is -0.670. The molecule has 16 heavy (non-hydrogen) atoms. The van der Waals surface area contributed by atoms with Gasteiger partial charge in [-0.25, -0.2) is 0 Å². The van der Waals surface area contributed by atoms with Gasteiger partial charge in [0.15, 0.2) is 0 Å². The summed E-state index contributed by atoms with van der Waals surface area (Å²) in [5, 5.41) is 4.22. The topological polar surface area (TPSA) is 38.0 Å². The van der Waals surface area contributed by atoms with Crippen molar-refractivity contribution in [3.8, 4) is 0 Å². The van der Waals surface area contributed by atoms with Gasteiger partial charge in [0.05, 0.1) is 5.69 Å². The van der Waals surface area contributed by atoms with Crippen molar-refractivity contribution in [1.29, 1.82) is 0 Å². The predicted octanol–water partition coefficient (Wildman–Crippen LogP) is 2.93. The van der Waals surface area contributed by atoms with E-state index < -0.39 is 0 Å². The van der Waals surface area contributed by atoms with Gasteiger partial charge in [0.2, 0.25) is 0 Å². The Balaban J connectivity index is 2.31. The van der Waals surface area contributed by atoms with E-state index in [1.807, 2.05) is 11.8 Å². The molecule has 1 aromatic carbocycles. The van der Waals surface area contributed by atoms with Crippen LogP contribution in [0.25, 0.3) is 0 Å². The van der Waals surface area contributed by atoms with Crippen molar-refractivity contribution in [2.75, 3.05) is 11.9 Å². The van der Waals surface area contributed by atoms with E-state index in [2.05, 4.69) is 38.2 Å². The first-order valence-electron chi connectivity index (χ1n) is 5.87. The predicted molar refractivity (Wildman–Crippen MR) is 72.3 cm³/mol. The smallest absolute Gasteiger partial charge is 0.0513 e. The largest absolute Gasteiger partial charge is 0.380 e. The molecule has 0 saturated carbocycles. The molecule has 0 fully saturated rings. The summed E-state index contributed by atoms with van der Waals surface area (Å²) in [5.74, 6) is 0. The number of hydrogen-bond donors (Lipinski definition) is 2. The van der Waals surface area contributed by atoms with Gasteiger partial charge in [-0.15, -0.1) is 11.8 Å². The highest BCUT2D eigenvalue weighted by molar-refractivity contribution is 8.00. The first-order chi connectivity index (χ1) is 7.63. The van der Waals surface area contributed by atoms with Crippen LogP contribution in [0.4, 0.5) is 5.69 Å². The number of rotatable bonds is 2. The van der Waals surface area contributed by atoms with Gasteiger partial charge in [-0.2, -0.15) is 0 Å². The average Bonchev–Trinajstić information content (AvgIpc) is 2.26. The van der Waals surface area contributed by atoms with Crippen molar-refractivity contribution >= 4 is 17.4 Å². The van der Waals surface area contributed by atoms with Crippen molar-refractivity contribution in [2.45, 2.75) is 43.4 Å². The zero-order chi connectivity index (χ0) is 11.7. The lowest BCUT2D eigenvalue weighted by Gasteiger charge is -2.33. The van der Waals surface area contributed by atoms with Crippen LogP contribution in [0.2, 0.25) is 0 Å². The Labute approximate surface area is 102 Å². The van der Waals surface area contributed by atoms with Crippen molar-refractivity contribution in [1.82, 2.24) is 0 Å². The minimum Gasteiger partial charge on any atom is -0.380 e. The molecule has 0 bridgehead atoms. The Morgan fingerprint density at radius 2 is 2.12 bits per heavy atom. The molecule has 1 heterocycles. The Morgan fingerprint density at radius 3 is 2.81 bits per heavy atom. The Kier molecular flexibility index (Phi) is 3.45. The zero-order valence-electron chi connectivity index (χ0n) is 10.2. The van der Waals surface area contributed by atoms with E-state index in [0.29, 0.717) is 11.3 Å². The third-order valence-corrected chi connectivity index (χ3v) is 4.90. The highest BCUT2D eigenvalue weighted by Crippen LogP contribution is 2.41. The van der Waals surface area contributed by atoms with E-state index in [1.54, 1.807) is 0 Å². The third-order valence-electron chi connectivity index (χ3n) is 3.36. The molecule has 1 aliphatic heterocycles. The standard InChI is InChI=1S/C13H20N2S/c1-8-4-5-12-13(9(8)2)15-10(3)11(16-12)6-7-14/h4-5,10-11,15H,6-7,14H2,1-3H3. The van der Waals surface area contributed by atoms with Gasteiger partial charge in [0.25, 0.3) is 0 Å². The first kappa shape index (κ1) is 11.8. The van der Waals surface area contributed by atoms with Crippen molar-refractivity contribution in [3.05, 3.63) is 23.3 Å². The second-order valence-corrected chi connectivity index (χ2v) is 5.83. The third kappa shape index (κ3) is 2.06. The minimum absolute atomic E-state index is 0.501. The van der Waals surface area contributed by atoms with Gasteiger partial charge >= 0.3 is 0 Å². The fourth-order valence-electron chi connectivity index (χ4n) is 2.13. The normalized spacial score (nSPS) is 23.8. The molecule has 2 rings (SSSR count). The summed E-state index contributed by atoms with van der Waals surface area (Å²) in [4.78, 5) is 1.37. The van der Waals surface area contributed by atoms with Gasteiger partial charge in [-0.1, -0.05) is 6.07 Å². The van der Waals surface area contributed by atoms with Crippen LogP contribution in [0.1, 0.15) is 24.5 Å². The number of hydrogen-bond acceptors (Lipinski definition) is 3. The highest BCUT2D eigenvalue weighted by atomic mass is 32.2. The minimum atomic E-state index is 0.501. The molecule has 0 aromatic heterocycles. The van der Waals surface area contributed by atoms with Gasteiger partial charge in [-0.05, 0) is 50.9 Å². The van der Waals surface area contributed by atoms with Crippen LogP contribution in [0, 0.1) is 13.8 Å². The number of fused-ring (bicyclic) bond motifs is 1. The molecule has 0 radical (unpaired) electrons. The van der Waals surface area contributed by atoms with Gasteiger partial charge in [-0.3, -0.25) is 0 Å². The van der Waals surface area contributed by atoms with E-state index >= 15 is 0 Å². The molecular formula is C13H20N2S. The zero-order valence-corrected chi connectivity index (χ0v) is 11.0. The molecule has 0 spiro atoms. The second kappa shape index (κ2) is 4.68. The van der Waals surface area contributed by atoms with Crippen LogP contribution in [0.5, 0.6) is 0 Å². The molecule has 1 aromatic rings. The number of anilines is 1. The molecule has 0 amide bonds. The SMILES string of the molecule is Cc1ccc2c(c1C)NC(C)C(CCN)S2. The Morgan fingerprint density at radius 1 is 1.38 bits per heavy atom. The number of nitrogens with one attached hydrogen (secondary N) is 1. The van der Waals surface area contributed by atoms with Crippen LogP contribution in [0.15, 0.2) is 17.0 Å². The van der Waals surface area contributed by atoms with Gasteiger partial charge < -0.3 is 11.1 Å². The van der Waals surface area contributed by atoms with Gasteiger partial charge in [0.1, 0.15) is 0 Å². The molecule has 1 aliphatic rings. The van der Waals surface area contributed by atoms with E-state index in [0.717, 1.165) is 13.0 Å². The summed E-state index contributed by atoms with van der Waals surface area (Å²) < 4.78 is 0. The maximum absolute atomic E-state index is 5.65. The number of thioether (sulfide) groups is 1. The summed E-state index contributed by atoms with van der Waals surface area (Å²) in [6, 6.07) is 4.94. The van der Waals surface area contributed by atoms with Gasteiger partial charge in [0, 0.05) is 16.2 Å². The van der Waals surface area contributed by atoms with E-state index in [1.165, 1.54) is 21.7 Å². The lowest BCUT2D eigenvalue weighted by atomic mass is 10.1. The van der Waals surface area contributed by atoms with Crippen molar-refractivity contribution in [2.24, 2.45) is 5.73 Å². The molecule has 0 saturated heterocycles. The monoisotopic (exact) mass is 236 g/mol. The summed E-state index contributed by atoms with van der Waals surface area (Å²) in [7, 11) is 0. The molecule has 3 heteroatoms. The maximum Gasteiger partial charge on any atom is 0.0513 e. The lowest BCUT2D eigenvalue weighted by Crippen LogP contribution is -2.33. The van der Waals surface area contributed by atoms with Crippen LogP contribution in [-0.4, -0.2) is 17.8 Å². The number of nitrogens with two attached hydrogens (primary N) is 1. The molecule has 2 unspecified atom stereocenters. The molecule has 88 valence electrons. The molecular weight excluding hydrogens is 216 g/mol. The molecule has 0 aliphatic carbocycles. The number of benzene rings is 1. The second-order valence-electron chi connectivity index (χ2n) is 4.55. The fourth-order valence-corrected chi connectivity index (χ4v) is 3.46. The van der Waals surface area contributed by atoms with Crippen LogP contribution < -0.4 is 11.1 Å². The first-order valence-corrected chi connectivity index (χ1v) is 6.75. The Bertz CT molecular complexity index is 390. The van der Waals surface area contributed by atoms with E-state index in [9.17, 15) is 0 Å². The lowest BCUT2D eigenvalue weighted by molar-refractivity contribution is 0.671. The molecule has 2 nitrogen and oxygen atoms in total. The summed E-state index contributed by atoms with van der Waals surface area (Å²) in [6.07, 6.45) is 1.07. The fraction of sp³-hybridized carbons (Fsp3) is 0.538. The van der Waals surface area contributed by atoms with E-state index in [-0.39, 0.29) is 0 Å². The number of aryl methyl sites for hydroxylation is 1. The maximum atomic E-state index is 5.65. The molecule has 3 N–H and O–H groups in total. The summed E-state index contributed by atoms with van der Waals surface area (Å²) in [6.45, 7) is 7.37. The van der Waals surface area contributed by atoms with Crippen molar-refractivity contribution in [3.63, 3.8) is 0 Å². The quantitative estimate of drug-likeness (QED) is 0.829. The molecule has 2 atom stereocenters. The van der Waals surface area contributed by atoms with Crippen LogP contribution >= 0.6 is 11.8 Å². The summed E-state index contributed by atoms with van der Waals surface area (Å²) in [5.41, 5.74) is 9.71. The summed E-state index contributed by atoms with van der Waals surface area (Å²) >= 11 is 1.97. The highest BCUT2D eigenvalue weighted by Gasteiger charge is 2.25.